The van der Waals surface area contributed by atoms with Crippen LogP contribution in [0.1, 0.15) is 46.1 Å². The Labute approximate surface area is 157 Å². The molecule has 26 heavy (non-hydrogen) atoms. The second-order valence-corrected chi connectivity index (χ2v) is 9.56. The zero-order valence-corrected chi connectivity index (χ0v) is 17.0. The second-order valence-electron chi connectivity index (χ2n) is 7.62. The van der Waals surface area contributed by atoms with E-state index in [0.29, 0.717) is 18.0 Å². The van der Waals surface area contributed by atoms with Gasteiger partial charge in [0.05, 0.1) is 4.90 Å². The van der Waals surface area contributed by atoms with Gasteiger partial charge < -0.3 is 9.64 Å². The number of ether oxygens (including phenoxy) is 1. The van der Waals surface area contributed by atoms with Crippen LogP contribution in [0.5, 0.6) is 0 Å². The molecule has 1 heterocycles. The summed E-state index contributed by atoms with van der Waals surface area (Å²) >= 11 is 0. The van der Waals surface area contributed by atoms with Crippen LogP contribution in [0.2, 0.25) is 0 Å². The van der Waals surface area contributed by atoms with Gasteiger partial charge in [-0.15, -0.1) is 0 Å². The molecule has 0 radical (unpaired) electrons. The largest absolute Gasteiger partial charge is 0.444 e. The van der Waals surface area contributed by atoms with Crippen molar-refractivity contribution < 1.29 is 17.9 Å². The molecule has 0 spiro atoms. The van der Waals surface area contributed by atoms with Gasteiger partial charge in [0.1, 0.15) is 5.60 Å². The molecule has 0 bridgehead atoms. The molecule has 2 rings (SSSR count). The smallest absolute Gasteiger partial charge is 0.410 e. The van der Waals surface area contributed by atoms with Crippen molar-refractivity contribution in [3.63, 3.8) is 0 Å². The van der Waals surface area contributed by atoms with Crippen LogP contribution in [0.15, 0.2) is 29.2 Å². The minimum Gasteiger partial charge on any atom is -0.444 e. The van der Waals surface area contributed by atoms with Crippen molar-refractivity contribution >= 4 is 16.1 Å². The van der Waals surface area contributed by atoms with E-state index in [2.05, 4.69) is 6.92 Å². The number of benzene rings is 1. The zero-order chi connectivity index (χ0) is 19.4. The van der Waals surface area contributed by atoms with Crippen molar-refractivity contribution in [3.05, 3.63) is 29.8 Å². The summed E-state index contributed by atoms with van der Waals surface area (Å²) in [5.74, 6) is 0. The van der Waals surface area contributed by atoms with E-state index in [-0.39, 0.29) is 13.1 Å². The molecule has 0 aromatic heterocycles. The Balaban J connectivity index is 1.98. The Morgan fingerprint density at radius 3 is 2.15 bits per heavy atom. The molecular weight excluding hydrogens is 352 g/mol. The van der Waals surface area contributed by atoms with E-state index < -0.39 is 21.7 Å². The molecule has 1 aromatic carbocycles. The first-order valence-electron chi connectivity index (χ1n) is 9.20. The van der Waals surface area contributed by atoms with E-state index in [1.54, 1.807) is 17.0 Å². The number of piperazine rings is 1. The molecule has 0 saturated carbocycles. The minimum atomic E-state index is -3.53. The van der Waals surface area contributed by atoms with Gasteiger partial charge in [-0.25, -0.2) is 13.2 Å². The van der Waals surface area contributed by atoms with Gasteiger partial charge in [-0.3, -0.25) is 0 Å². The highest BCUT2D eigenvalue weighted by Gasteiger charge is 2.31. The third-order valence-electron chi connectivity index (χ3n) is 4.27. The van der Waals surface area contributed by atoms with Gasteiger partial charge in [-0.2, -0.15) is 4.31 Å². The molecule has 146 valence electrons. The Hall–Kier alpha value is -1.60. The number of hydrogen-bond donors (Lipinski definition) is 0. The summed E-state index contributed by atoms with van der Waals surface area (Å²) in [6.07, 6.45) is 2.78. The Kier molecular flexibility index (Phi) is 6.69. The van der Waals surface area contributed by atoms with Crippen molar-refractivity contribution in [2.45, 2.75) is 57.5 Å². The zero-order valence-electron chi connectivity index (χ0n) is 16.2. The molecule has 1 fully saturated rings. The number of unbranched alkanes of at least 4 members (excludes halogenated alkanes) is 1. The van der Waals surface area contributed by atoms with E-state index in [1.165, 1.54) is 4.31 Å². The van der Waals surface area contributed by atoms with Gasteiger partial charge >= 0.3 is 6.09 Å². The predicted octanol–water partition coefficient (Wildman–Crippen LogP) is 3.27. The first kappa shape index (κ1) is 20.7. The average Bonchev–Trinajstić information content (AvgIpc) is 2.59. The number of carbonyl (C=O) groups is 1. The molecule has 0 N–H and O–H groups in total. The summed E-state index contributed by atoms with van der Waals surface area (Å²) in [6.45, 7) is 8.81. The Morgan fingerprint density at radius 2 is 1.65 bits per heavy atom. The van der Waals surface area contributed by atoms with Crippen molar-refractivity contribution in [2.24, 2.45) is 0 Å². The van der Waals surface area contributed by atoms with Crippen LogP contribution in [0.3, 0.4) is 0 Å². The number of nitrogens with zero attached hydrogens (tertiary/aromatic N) is 2. The number of carbonyl (C=O) groups excluding carboxylic acids is 1. The average molecular weight is 383 g/mol. The first-order chi connectivity index (χ1) is 12.1. The van der Waals surface area contributed by atoms with E-state index in [9.17, 15) is 13.2 Å². The van der Waals surface area contributed by atoms with E-state index >= 15 is 0 Å². The van der Waals surface area contributed by atoms with Gasteiger partial charge in [0.2, 0.25) is 10.0 Å². The van der Waals surface area contributed by atoms with E-state index in [4.69, 9.17) is 4.74 Å². The number of sulfonamides is 1. The normalized spacial score (nSPS) is 16.5. The van der Waals surface area contributed by atoms with Crippen LogP contribution in [0, 0.1) is 0 Å². The van der Waals surface area contributed by atoms with Crippen LogP contribution in [0.4, 0.5) is 4.79 Å². The fraction of sp³-hybridized carbons (Fsp3) is 0.632. The summed E-state index contributed by atoms with van der Waals surface area (Å²) in [5.41, 5.74) is 0.598. The highest BCUT2D eigenvalue weighted by Crippen LogP contribution is 2.20. The molecule has 1 amide bonds. The summed E-state index contributed by atoms with van der Waals surface area (Å²) in [4.78, 5) is 14.0. The van der Waals surface area contributed by atoms with E-state index in [0.717, 1.165) is 24.8 Å². The molecule has 0 atom stereocenters. The van der Waals surface area contributed by atoms with E-state index in [1.807, 2.05) is 32.9 Å². The molecule has 6 nitrogen and oxygen atoms in total. The topological polar surface area (TPSA) is 66.9 Å². The summed E-state index contributed by atoms with van der Waals surface area (Å²) in [7, 11) is -3.53. The number of hydrogen-bond acceptors (Lipinski definition) is 4. The molecular formula is C19H30N2O4S. The minimum absolute atomic E-state index is 0.277. The first-order valence-corrected chi connectivity index (χ1v) is 10.6. The molecule has 0 aliphatic carbocycles. The fourth-order valence-electron chi connectivity index (χ4n) is 2.80. The van der Waals surface area contributed by atoms with Gasteiger partial charge in [0.15, 0.2) is 0 Å². The molecule has 1 saturated heterocycles. The number of aryl methyl sites for hydroxylation is 1. The fourth-order valence-corrected chi connectivity index (χ4v) is 4.22. The van der Waals surface area contributed by atoms with Crippen molar-refractivity contribution in [3.8, 4) is 0 Å². The lowest BCUT2D eigenvalue weighted by atomic mass is 10.1. The Morgan fingerprint density at radius 1 is 1.08 bits per heavy atom. The van der Waals surface area contributed by atoms with Gasteiger partial charge in [0, 0.05) is 26.2 Å². The van der Waals surface area contributed by atoms with Crippen LogP contribution in [-0.2, 0) is 21.2 Å². The molecule has 1 aliphatic rings. The molecule has 1 aromatic rings. The van der Waals surface area contributed by atoms with Crippen LogP contribution < -0.4 is 0 Å². The maximum atomic E-state index is 12.8. The van der Waals surface area contributed by atoms with Crippen molar-refractivity contribution in [2.75, 3.05) is 26.2 Å². The third kappa shape index (κ3) is 5.45. The summed E-state index contributed by atoms with van der Waals surface area (Å²) < 4.78 is 32.4. The van der Waals surface area contributed by atoms with Crippen molar-refractivity contribution in [1.29, 1.82) is 0 Å². The summed E-state index contributed by atoms with van der Waals surface area (Å²) in [6, 6.07) is 7.14. The third-order valence-corrected chi connectivity index (χ3v) is 6.18. The quantitative estimate of drug-likeness (QED) is 0.784. The standard InChI is InChI=1S/C19H30N2O4S/c1-5-6-7-16-8-10-17(11-9-16)26(23,24)21-14-12-20(13-15-21)18(22)25-19(2,3)4/h8-11H,5-7,12-15H2,1-4H3. The summed E-state index contributed by atoms with van der Waals surface area (Å²) in [5, 5.41) is 0. The predicted molar refractivity (Wildman–Crippen MR) is 102 cm³/mol. The second kappa shape index (κ2) is 8.39. The Bertz CT molecular complexity index is 700. The van der Waals surface area contributed by atoms with Gasteiger partial charge in [0.25, 0.3) is 0 Å². The lowest BCUT2D eigenvalue weighted by molar-refractivity contribution is 0.0192. The lowest BCUT2D eigenvalue weighted by Gasteiger charge is -2.35. The highest BCUT2D eigenvalue weighted by molar-refractivity contribution is 7.89. The van der Waals surface area contributed by atoms with Gasteiger partial charge in [-0.05, 0) is 51.3 Å². The lowest BCUT2D eigenvalue weighted by Crippen LogP contribution is -2.51. The number of rotatable bonds is 5. The van der Waals surface area contributed by atoms with Crippen LogP contribution >= 0.6 is 0 Å². The highest BCUT2D eigenvalue weighted by atomic mass is 32.2. The maximum Gasteiger partial charge on any atom is 0.410 e. The maximum absolute atomic E-state index is 12.8. The van der Waals surface area contributed by atoms with Crippen LogP contribution in [0.25, 0.3) is 0 Å². The monoisotopic (exact) mass is 382 g/mol. The molecule has 0 unspecified atom stereocenters. The SMILES string of the molecule is CCCCc1ccc(S(=O)(=O)N2CCN(C(=O)OC(C)(C)C)CC2)cc1. The molecule has 7 heteroatoms. The van der Waals surface area contributed by atoms with Crippen LogP contribution in [-0.4, -0.2) is 55.5 Å². The van der Waals surface area contributed by atoms with Gasteiger partial charge in [-0.1, -0.05) is 25.5 Å². The van der Waals surface area contributed by atoms with Crippen molar-refractivity contribution in [1.82, 2.24) is 9.21 Å². The molecule has 1 aliphatic heterocycles. The number of amides is 1.